The van der Waals surface area contributed by atoms with Crippen molar-refractivity contribution in [2.24, 2.45) is 5.11 Å². The topological polar surface area (TPSA) is 109 Å². The average molecular weight is 390 g/mol. The molecular weight excluding hydrogens is 371 g/mol. The first-order chi connectivity index (χ1) is 12.0. The number of nitrogens with zero attached hydrogens (tertiary/aromatic N) is 3. The molecule has 1 fully saturated rings. The Labute approximate surface area is 154 Å². The Kier molecular flexibility index (Phi) is 7.61. The number of ether oxygens (including phenoxy) is 2. The van der Waals surface area contributed by atoms with Crippen molar-refractivity contribution in [2.75, 3.05) is 39.5 Å². The molecule has 1 aliphatic rings. The molecule has 0 spiro atoms. The van der Waals surface area contributed by atoms with E-state index in [1.807, 2.05) is 6.07 Å². The summed E-state index contributed by atoms with van der Waals surface area (Å²) in [6, 6.07) is 5.22. The molecule has 25 heavy (non-hydrogen) atoms. The van der Waals surface area contributed by atoms with Crippen molar-refractivity contribution < 1.29 is 19.4 Å². The molecule has 1 aliphatic heterocycles. The highest BCUT2D eigenvalue weighted by molar-refractivity contribution is 6.42. The lowest BCUT2D eigenvalue weighted by molar-refractivity contribution is -0.0176. The highest BCUT2D eigenvalue weighted by atomic mass is 35.5. The zero-order valence-electron chi connectivity index (χ0n) is 13.4. The molecule has 1 aromatic rings. The zero-order valence-corrected chi connectivity index (χ0v) is 14.9. The van der Waals surface area contributed by atoms with Gasteiger partial charge in [0.1, 0.15) is 17.2 Å². The van der Waals surface area contributed by atoms with Gasteiger partial charge in [0, 0.05) is 19.0 Å². The van der Waals surface area contributed by atoms with Gasteiger partial charge in [-0.15, -0.1) is 0 Å². The molecule has 1 aromatic carbocycles. The highest BCUT2D eigenvalue weighted by Crippen LogP contribution is 2.31. The molecule has 1 amide bonds. The van der Waals surface area contributed by atoms with Crippen LogP contribution in [-0.4, -0.2) is 61.7 Å². The van der Waals surface area contributed by atoms with E-state index in [1.54, 1.807) is 12.1 Å². The summed E-state index contributed by atoms with van der Waals surface area (Å²) in [5.74, 6) is -0.244. The fourth-order valence-electron chi connectivity index (χ4n) is 2.63. The molecule has 2 N–H and O–H groups in total. The van der Waals surface area contributed by atoms with Gasteiger partial charge < -0.3 is 19.5 Å². The Morgan fingerprint density at radius 1 is 1.48 bits per heavy atom. The summed E-state index contributed by atoms with van der Waals surface area (Å²) in [7, 11) is 0. The van der Waals surface area contributed by atoms with Gasteiger partial charge in [0.25, 0.3) is 0 Å². The molecule has 2 atom stereocenters. The maximum absolute atomic E-state index is 11.4. The molecule has 0 radical (unpaired) electrons. The summed E-state index contributed by atoms with van der Waals surface area (Å²) in [5.41, 5.74) is 7.44. The zero-order chi connectivity index (χ0) is 18.2. The lowest BCUT2D eigenvalue weighted by Gasteiger charge is -2.27. The maximum Gasteiger partial charge on any atom is 0.407 e. The molecule has 1 saturated heterocycles. The van der Waals surface area contributed by atoms with Crippen molar-refractivity contribution in [3.63, 3.8) is 0 Å². The number of carbonyl (C=O) groups is 1. The largest absolute Gasteiger partial charge is 0.465 e. The monoisotopic (exact) mass is 389 g/mol. The van der Waals surface area contributed by atoms with Crippen LogP contribution >= 0.6 is 23.2 Å². The van der Waals surface area contributed by atoms with Gasteiger partial charge in [0.15, 0.2) is 0 Å². The normalized spacial score (nSPS) is 20.6. The van der Waals surface area contributed by atoms with E-state index in [-0.39, 0.29) is 44.9 Å². The van der Waals surface area contributed by atoms with E-state index in [1.165, 1.54) is 4.90 Å². The molecule has 10 heteroatoms. The Morgan fingerprint density at radius 3 is 2.96 bits per heavy atom. The summed E-state index contributed by atoms with van der Waals surface area (Å²) in [5, 5.41) is 13.7. The summed E-state index contributed by atoms with van der Waals surface area (Å²) < 4.78 is 11.4. The Morgan fingerprint density at radius 2 is 2.28 bits per heavy atom. The number of hydrogen-bond donors (Lipinski definition) is 2. The highest BCUT2D eigenvalue weighted by Gasteiger charge is 2.31. The van der Waals surface area contributed by atoms with Crippen molar-refractivity contribution in [3.05, 3.63) is 33.8 Å². The minimum absolute atomic E-state index is 0.244. The minimum Gasteiger partial charge on any atom is -0.465 e. The lowest BCUT2D eigenvalue weighted by Crippen LogP contribution is -2.36. The molecule has 0 unspecified atom stereocenters. The maximum atomic E-state index is 11.4. The second-order valence-electron chi connectivity index (χ2n) is 5.46. The smallest absolute Gasteiger partial charge is 0.407 e. The van der Waals surface area contributed by atoms with Crippen molar-refractivity contribution >= 4 is 29.3 Å². The number of hydrogen-bond acceptors (Lipinski definition) is 5. The molecule has 0 bridgehead atoms. The molecule has 0 aliphatic carbocycles. The number of halogens is 2. The minimum atomic E-state index is -0.994. The summed E-state index contributed by atoms with van der Waals surface area (Å²) in [4.78, 5) is 15.6. The van der Waals surface area contributed by atoms with Crippen molar-refractivity contribution in [3.8, 4) is 0 Å². The van der Waals surface area contributed by atoms with E-state index < -0.39 is 6.09 Å². The van der Waals surface area contributed by atoms with E-state index in [4.69, 9.17) is 38.2 Å². The fourth-order valence-corrected chi connectivity index (χ4v) is 2.94. The summed E-state index contributed by atoms with van der Waals surface area (Å²) in [6.07, 6.45) is -1.33. The second-order valence-corrected chi connectivity index (χ2v) is 6.27. The number of amides is 1. The molecule has 8 nitrogen and oxygen atoms in total. The van der Waals surface area contributed by atoms with E-state index >= 15 is 0 Å². The number of nitrogens with one attached hydrogen (secondary N) is 1. The third-order valence-corrected chi connectivity index (χ3v) is 4.63. The third kappa shape index (κ3) is 5.66. The molecular formula is C15H19Cl2N4O4+. The van der Waals surface area contributed by atoms with Crippen LogP contribution in [0.4, 0.5) is 4.79 Å². The number of rotatable bonds is 6. The van der Waals surface area contributed by atoms with Crippen LogP contribution in [-0.2, 0) is 9.47 Å². The molecule has 0 aromatic heterocycles. The quantitative estimate of drug-likeness (QED) is 0.442. The van der Waals surface area contributed by atoms with Crippen LogP contribution in [0.2, 0.25) is 10.0 Å². The first kappa shape index (κ1) is 19.6. The number of benzene rings is 1. The van der Waals surface area contributed by atoms with Gasteiger partial charge in [-0.05, 0) is 17.7 Å². The molecule has 2 rings (SSSR count). The van der Waals surface area contributed by atoms with Gasteiger partial charge in [-0.2, -0.15) is 0 Å². The molecule has 0 saturated carbocycles. The summed E-state index contributed by atoms with van der Waals surface area (Å²) >= 11 is 12.1. The Hall–Kier alpha value is -1.70. The van der Waals surface area contributed by atoms with Gasteiger partial charge in [0.05, 0.1) is 36.0 Å². The van der Waals surface area contributed by atoms with E-state index in [2.05, 4.69) is 10.0 Å². The Balaban J connectivity index is 2.16. The van der Waals surface area contributed by atoms with Crippen molar-refractivity contribution in [1.29, 1.82) is 5.53 Å². The van der Waals surface area contributed by atoms with Crippen LogP contribution in [0.1, 0.15) is 11.5 Å². The van der Waals surface area contributed by atoms with E-state index in [9.17, 15) is 9.90 Å². The third-order valence-electron chi connectivity index (χ3n) is 3.89. The van der Waals surface area contributed by atoms with Gasteiger partial charge in [-0.1, -0.05) is 29.3 Å². The van der Waals surface area contributed by atoms with Crippen LogP contribution in [0.3, 0.4) is 0 Å². The van der Waals surface area contributed by atoms with Crippen LogP contribution in [0.25, 0.3) is 0 Å². The standard InChI is InChI=1S/C15H18Cl2N4O4/c16-12-2-1-10(7-13(12)17)11-8-21(15(22)23)4-6-25-14(11)9-24-5-3-19-20-18/h1-2,7,11,14,18H,3-6,8-9H2/p+1/t11-,14-/m0/s1. The van der Waals surface area contributed by atoms with Gasteiger partial charge in [0.2, 0.25) is 4.91 Å². The van der Waals surface area contributed by atoms with Crippen LogP contribution < -0.4 is 4.91 Å². The van der Waals surface area contributed by atoms with Crippen molar-refractivity contribution in [1.82, 2.24) is 9.81 Å². The lowest BCUT2D eigenvalue weighted by atomic mass is 9.93. The van der Waals surface area contributed by atoms with Gasteiger partial charge in [-0.3, -0.25) is 0 Å². The van der Waals surface area contributed by atoms with E-state index in [0.717, 1.165) is 5.56 Å². The first-order valence-electron chi connectivity index (χ1n) is 7.68. The van der Waals surface area contributed by atoms with Crippen LogP contribution in [0.15, 0.2) is 23.3 Å². The summed E-state index contributed by atoms with van der Waals surface area (Å²) in [6.45, 7) is 1.70. The molecule has 136 valence electrons. The average Bonchev–Trinajstić information content (AvgIpc) is 2.80. The number of carboxylic acid groups (broad SMARTS) is 1. The Bertz CT molecular complexity index is 654. The van der Waals surface area contributed by atoms with E-state index in [0.29, 0.717) is 16.7 Å². The SMILES string of the molecule is N=[N+]=NCCOC[C@@H]1OCCN(C(=O)O)C[C@H]1c1ccc(Cl)c(Cl)c1. The van der Waals surface area contributed by atoms with Crippen LogP contribution in [0, 0.1) is 5.53 Å². The fraction of sp³-hybridized carbons (Fsp3) is 0.533. The van der Waals surface area contributed by atoms with Crippen molar-refractivity contribution in [2.45, 2.75) is 12.0 Å². The second kappa shape index (κ2) is 9.70. The first-order valence-corrected chi connectivity index (χ1v) is 8.44. The molecule has 1 heterocycles. The predicted octanol–water partition coefficient (Wildman–Crippen LogP) is 3.02. The van der Waals surface area contributed by atoms with Gasteiger partial charge >= 0.3 is 6.09 Å². The van der Waals surface area contributed by atoms with Gasteiger partial charge in [-0.25, -0.2) is 4.79 Å². The predicted molar refractivity (Wildman–Crippen MR) is 91.5 cm³/mol. The van der Waals surface area contributed by atoms with Crippen LogP contribution in [0.5, 0.6) is 0 Å².